The molecule has 0 unspecified atom stereocenters. The van der Waals surface area contributed by atoms with Crippen molar-refractivity contribution in [1.29, 1.82) is 0 Å². The molecule has 2 saturated carbocycles. The van der Waals surface area contributed by atoms with E-state index in [0.717, 1.165) is 210 Å². The highest BCUT2D eigenvalue weighted by molar-refractivity contribution is 7.20. The number of aromatic nitrogens is 8. The van der Waals surface area contributed by atoms with E-state index in [9.17, 15) is 0 Å². The molecule has 720 valence electrons. The van der Waals surface area contributed by atoms with Gasteiger partial charge in [0, 0.05) is 12.1 Å². The molecule has 2 aliphatic rings. The smallest absolute Gasteiger partial charge is 0.237 e. The van der Waals surface area contributed by atoms with Gasteiger partial charge in [-0.15, -0.1) is 45.3 Å². The van der Waals surface area contributed by atoms with Crippen LogP contribution in [0.2, 0.25) is 0 Å². The Balaban J connectivity index is 0.000000117. The SMILES string of the molecule is CCCCCCCCOc1cc2oc(-c3ccc(-c4nc5cc(C6CCCCC6)c(OCCCCCCCC)cc5o4)s3)nc2cc1C1CCCCC1.Cc1cc2nc(-c3sc(-c4nc5cc(C)c(C)cc5o4)c(C)c3C)oc2cc1C.Cc1ccc2nc(-c3ccc(-c4nc5ccc(C)cc5o4)s3)oc2c1.c1ccc(-c2ccc3nc(-c4ccc(-c5nc6ccc(-c7ccccc7)cc6o5)s4)oc3c2)cc1. The fraction of sp³-hybridized carbons (Fsp3) is 0.300. The number of hydrogen-bond acceptors (Lipinski definition) is 22. The molecular formula is C120H116N8O10S4. The molecule has 0 saturated heterocycles. The maximum Gasteiger partial charge on any atom is 0.237 e. The highest BCUT2D eigenvalue weighted by Crippen LogP contribution is 2.49. The summed E-state index contributed by atoms with van der Waals surface area (Å²) in [5.74, 6) is 8.08. The average molecular weight is 1960 g/mol. The average Bonchev–Trinajstić information content (AvgIpc) is 1.58. The third-order valence-corrected chi connectivity index (χ3v) is 32.2. The molecule has 0 aliphatic heterocycles. The molecule has 2 fully saturated rings. The molecule has 22 heteroatoms. The minimum atomic E-state index is 0.528. The lowest BCUT2D eigenvalue weighted by atomic mass is 9.83. The molecule has 0 spiro atoms. The minimum absolute atomic E-state index is 0.528. The van der Waals surface area contributed by atoms with E-state index >= 15 is 0 Å². The van der Waals surface area contributed by atoms with Crippen LogP contribution in [0.3, 0.4) is 0 Å². The topological polar surface area (TPSA) is 227 Å². The van der Waals surface area contributed by atoms with E-state index in [1.165, 1.54) is 162 Å². The zero-order chi connectivity index (χ0) is 96.9. The highest BCUT2D eigenvalue weighted by atomic mass is 32.1. The van der Waals surface area contributed by atoms with Gasteiger partial charge in [-0.05, 0) is 305 Å². The fourth-order valence-electron chi connectivity index (χ4n) is 19.2. The number of hydrogen-bond donors (Lipinski definition) is 0. The monoisotopic (exact) mass is 1960 g/mol. The Morgan fingerprint density at radius 1 is 0.254 bits per heavy atom. The molecule has 22 aromatic rings. The van der Waals surface area contributed by atoms with Gasteiger partial charge in [0.2, 0.25) is 47.1 Å². The van der Waals surface area contributed by atoms with Crippen molar-refractivity contribution >= 4 is 134 Å². The molecule has 0 N–H and O–H groups in total. The molecule has 10 aromatic carbocycles. The zero-order valence-electron chi connectivity index (χ0n) is 82.2. The maximum atomic E-state index is 6.50. The molecule has 0 radical (unpaired) electrons. The van der Waals surface area contributed by atoms with E-state index in [1.54, 1.807) is 45.3 Å². The fourth-order valence-corrected chi connectivity index (χ4v) is 23.0. The largest absolute Gasteiger partial charge is 0.493 e. The molecule has 18 nitrogen and oxygen atoms in total. The Labute approximate surface area is 842 Å². The number of rotatable bonds is 28. The van der Waals surface area contributed by atoms with Crippen molar-refractivity contribution < 1.29 is 44.8 Å². The van der Waals surface area contributed by atoms with E-state index in [2.05, 4.69) is 162 Å². The van der Waals surface area contributed by atoms with Crippen molar-refractivity contribution in [3.05, 3.63) is 274 Å². The molecule has 12 heterocycles. The van der Waals surface area contributed by atoms with Crippen LogP contribution in [-0.2, 0) is 0 Å². The Hall–Kier alpha value is -13.6. The number of nitrogens with zero attached hydrogens (tertiary/aromatic N) is 8. The Bertz CT molecular complexity index is 7650. The molecule has 2 aliphatic carbocycles. The predicted octanol–water partition coefficient (Wildman–Crippen LogP) is 36.8. The Kier molecular flexibility index (Phi) is 28.4. The van der Waals surface area contributed by atoms with Crippen LogP contribution in [0.5, 0.6) is 11.5 Å². The molecular weight excluding hydrogens is 1840 g/mol. The highest BCUT2D eigenvalue weighted by Gasteiger charge is 2.29. The van der Waals surface area contributed by atoms with Gasteiger partial charge in [-0.1, -0.05) is 202 Å². The predicted molar refractivity (Wildman–Crippen MR) is 579 cm³/mol. The van der Waals surface area contributed by atoms with Crippen LogP contribution in [-0.4, -0.2) is 53.1 Å². The zero-order valence-corrected chi connectivity index (χ0v) is 85.5. The maximum absolute atomic E-state index is 6.50. The molecule has 0 bridgehead atoms. The first-order chi connectivity index (χ1) is 69.5. The van der Waals surface area contributed by atoms with Crippen molar-refractivity contribution in [3.8, 4) is 120 Å². The summed E-state index contributed by atoms with van der Waals surface area (Å²) in [7, 11) is 0. The Morgan fingerprint density at radius 2 is 0.542 bits per heavy atom. The lowest BCUT2D eigenvalue weighted by molar-refractivity contribution is 0.296. The number of thiophene rings is 4. The standard InChI is InChI=1S/C46H62N2O4S.C30H18N2O2S.C24H22N2O2S.C20H14N2O2S/c1-3-5-7-9-11-19-27-49-39-31-41-37(29-35(39)33-21-15-13-16-22-33)47-45(51-41)43-25-26-44(53-43)46-48-38-30-36(34-23-17-14-18-24-34)40(32-42(38)52-46)50-28-20-12-10-8-6-4-2;1-3-7-19(8-4-1)21-11-13-23-25(17-21)33-29(31-23)27-15-16-28(35-27)30-32-24-14-12-22(18-26(24)34-30)20-9-5-2-6-10-20;1-11-7-17-19(9-13(11)3)27-23(25-17)21-15(5)16(6)22(29-21)24-26-18-8-12(2)14(4)10-20(18)28-24;1-11-3-5-13-15(9-11)23-19(21-13)17-7-8-18(25-17)20-22-14-6-4-12(2)10-16(14)24-20/h25-26,29-34H,3-24,27-28H2,1-2H3;1-18H;7-10H,1-6H3;3-10H,1-2H3. The van der Waals surface area contributed by atoms with Crippen LogP contribution in [0, 0.1) is 55.4 Å². The third kappa shape index (κ3) is 21.0. The summed E-state index contributed by atoms with van der Waals surface area (Å²) in [6, 6.07) is 74.0. The van der Waals surface area contributed by atoms with Gasteiger partial charge in [-0.25, -0.2) is 39.9 Å². The summed E-state index contributed by atoms with van der Waals surface area (Å²) in [5, 5.41) is 0. The van der Waals surface area contributed by atoms with Gasteiger partial charge in [0.15, 0.2) is 44.7 Å². The first-order valence-electron chi connectivity index (χ1n) is 50.5. The van der Waals surface area contributed by atoms with Crippen molar-refractivity contribution in [3.63, 3.8) is 0 Å². The second-order valence-electron chi connectivity index (χ2n) is 38.1. The van der Waals surface area contributed by atoms with Crippen molar-refractivity contribution in [2.45, 2.75) is 222 Å². The first-order valence-corrected chi connectivity index (χ1v) is 53.7. The number of benzene rings is 10. The van der Waals surface area contributed by atoms with Crippen LogP contribution in [0.15, 0.2) is 254 Å². The third-order valence-electron chi connectivity index (χ3n) is 27.6. The molecule has 12 aromatic heterocycles. The quantitative estimate of drug-likeness (QED) is 0.0415. The van der Waals surface area contributed by atoms with Gasteiger partial charge in [-0.2, -0.15) is 0 Å². The van der Waals surface area contributed by atoms with Crippen LogP contribution in [0.4, 0.5) is 0 Å². The summed E-state index contributed by atoms with van der Waals surface area (Å²) in [6.07, 6.45) is 27.8. The molecule has 24 rings (SSSR count). The molecule has 0 atom stereocenters. The van der Waals surface area contributed by atoms with Crippen LogP contribution >= 0.6 is 45.3 Å². The molecule has 142 heavy (non-hydrogen) atoms. The second-order valence-corrected chi connectivity index (χ2v) is 42.4. The lowest BCUT2D eigenvalue weighted by Crippen LogP contribution is -2.08. The van der Waals surface area contributed by atoms with Gasteiger partial charge in [0.05, 0.1) is 52.2 Å². The van der Waals surface area contributed by atoms with Crippen LogP contribution in [0.25, 0.3) is 197 Å². The number of ether oxygens (including phenoxy) is 2. The van der Waals surface area contributed by atoms with Crippen molar-refractivity contribution in [2.24, 2.45) is 0 Å². The summed E-state index contributed by atoms with van der Waals surface area (Å²) in [6.45, 7) is 22.7. The van der Waals surface area contributed by atoms with E-state index in [0.29, 0.717) is 59.0 Å². The van der Waals surface area contributed by atoms with Crippen LogP contribution < -0.4 is 9.47 Å². The number of oxazole rings is 8. The van der Waals surface area contributed by atoms with Gasteiger partial charge >= 0.3 is 0 Å². The molecule has 0 amide bonds. The van der Waals surface area contributed by atoms with Gasteiger partial charge < -0.3 is 44.8 Å². The summed E-state index contributed by atoms with van der Waals surface area (Å²) in [5.41, 5.74) is 30.0. The summed E-state index contributed by atoms with van der Waals surface area (Å²) in [4.78, 5) is 45.9. The van der Waals surface area contributed by atoms with E-state index in [-0.39, 0.29) is 0 Å². The van der Waals surface area contributed by atoms with Gasteiger partial charge in [0.1, 0.15) is 55.6 Å². The second kappa shape index (κ2) is 42.6. The number of unbranched alkanes of at least 4 members (excludes halogenated alkanes) is 10. The first kappa shape index (κ1) is 94.6. The van der Waals surface area contributed by atoms with Crippen molar-refractivity contribution in [2.75, 3.05) is 13.2 Å². The number of aryl methyl sites for hydroxylation is 6. The lowest BCUT2D eigenvalue weighted by Gasteiger charge is -2.24. The van der Waals surface area contributed by atoms with E-state index in [4.69, 9.17) is 74.7 Å². The summed E-state index contributed by atoms with van der Waals surface area (Å²) < 4.78 is 62.2. The van der Waals surface area contributed by atoms with Crippen LogP contribution in [0.1, 0.15) is 223 Å². The van der Waals surface area contributed by atoms with Gasteiger partial charge in [0.25, 0.3) is 0 Å². The van der Waals surface area contributed by atoms with Gasteiger partial charge in [-0.3, -0.25) is 0 Å². The normalized spacial score (nSPS) is 13.2. The summed E-state index contributed by atoms with van der Waals surface area (Å²) >= 11 is 6.37. The van der Waals surface area contributed by atoms with Crippen molar-refractivity contribution in [1.82, 2.24) is 39.9 Å². The number of fused-ring (bicyclic) bond motifs is 8. The van der Waals surface area contributed by atoms with E-state index < -0.39 is 0 Å². The van der Waals surface area contributed by atoms with E-state index in [1.807, 2.05) is 135 Å². The minimum Gasteiger partial charge on any atom is -0.493 e. The Morgan fingerprint density at radius 3 is 0.901 bits per heavy atom.